The second-order valence-corrected chi connectivity index (χ2v) is 23.5. The number of nitriles is 1. The zero-order valence-electron chi connectivity index (χ0n) is 53.6. The molecule has 10 rings (SSSR count). The van der Waals surface area contributed by atoms with Crippen LogP contribution in [0.1, 0.15) is 87.9 Å². The lowest BCUT2D eigenvalue weighted by atomic mass is 9.90. The van der Waals surface area contributed by atoms with Crippen molar-refractivity contribution in [1.82, 2.24) is 26.6 Å². The number of methoxy groups -OCH3 is 1. The van der Waals surface area contributed by atoms with Crippen LogP contribution in [-0.2, 0) is 76.1 Å². The summed E-state index contributed by atoms with van der Waals surface area (Å²) >= 11 is 0. The number of nitrogens with zero attached hydrogens (tertiary/aromatic N) is 1. The summed E-state index contributed by atoms with van der Waals surface area (Å²) in [6.07, 6.45) is -12.5. The molecule has 5 fully saturated rings. The summed E-state index contributed by atoms with van der Waals surface area (Å²) in [7, 11) is 1.15. The number of benzene rings is 5. The van der Waals surface area contributed by atoms with E-state index in [9.17, 15) is 53.8 Å². The van der Waals surface area contributed by atoms with E-state index in [-0.39, 0.29) is 62.6 Å². The maximum Gasteiger partial charge on any atom is 0.331 e. The van der Waals surface area contributed by atoms with Crippen molar-refractivity contribution in [3.8, 4) is 6.07 Å². The number of fused-ring (bicyclic) bond motifs is 2. The highest BCUT2D eigenvalue weighted by atomic mass is 16.7. The number of ketones is 2. The Morgan fingerprint density at radius 1 is 0.505 bits per heavy atom. The van der Waals surface area contributed by atoms with Crippen LogP contribution in [0.25, 0.3) is 0 Å². The Morgan fingerprint density at radius 2 is 0.897 bits per heavy atom. The monoisotopic (exact) mass is 1340 g/mol. The molecule has 97 heavy (non-hydrogen) atoms. The van der Waals surface area contributed by atoms with Crippen molar-refractivity contribution < 1.29 is 101 Å². The van der Waals surface area contributed by atoms with Gasteiger partial charge in [-0.2, -0.15) is 5.26 Å². The topological polar surface area (TPSA) is 362 Å². The molecule has 5 amide bonds. The second kappa shape index (κ2) is 36.0. The molecule has 5 aromatic rings. The van der Waals surface area contributed by atoms with Gasteiger partial charge in [0.1, 0.15) is 74.8 Å². The smallest absolute Gasteiger partial charge is 0.331 e. The number of aliphatic hydroxyl groups is 2. The molecule has 27 nitrogen and oxygen atoms in total. The van der Waals surface area contributed by atoms with E-state index in [1.165, 1.54) is 13.8 Å². The molecule has 0 radical (unpaired) electrons. The number of aliphatic hydroxyl groups excluding tert-OH is 2. The lowest BCUT2D eigenvalue weighted by Crippen LogP contribution is -2.69. The maximum atomic E-state index is 14.0. The van der Waals surface area contributed by atoms with Crippen LogP contribution in [0.2, 0.25) is 0 Å². The largest absolute Gasteiger partial charge is 0.467 e. The molecule has 0 aliphatic carbocycles. The number of ether oxygens (including phenoxy) is 11. The van der Waals surface area contributed by atoms with Crippen LogP contribution in [0, 0.1) is 11.3 Å². The first-order chi connectivity index (χ1) is 47.0. The van der Waals surface area contributed by atoms with Gasteiger partial charge in [0.15, 0.2) is 42.5 Å². The summed E-state index contributed by atoms with van der Waals surface area (Å²) in [6.45, 7) is 1.55. The van der Waals surface area contributed by atoms with Crippen LogP contribution in [0.5, 0.6) is 0 Å². The minimum atomic E-state index is -1.53. The number of esters is 1. The van der Waals surface area contributed by atoms with Gasteiger partial charge in [-0.3, -0.25) is 33.6 Å². The summed E-state index contributed by atoms with van der Waals surface area (Å²) in [5.41, 5.74) is 2.59. The quantitative estimate of drug-likeness (QED) is 0.0309. The van der Waals surface area contributed by atoms with Crippen molar-refractivity contribution in [3.63, 3.8) is 0 Å². The van der Waals surface area contributed by atoms with Crippen molar-refractivity contribution in [2.45, 2.75) is 137 Å². The molecule has 5 saturated heterocycles. The van der Waals surface area contributed by atoms with Crippen LogP contribution in [0.15, 0.2) is 152 Å². The van der Waals surface area contributed by atoms with E-state index in [4.69, 9.17) is 47.4 Å². The van der Waals surface area contributed by atoms with Gasteiger partial charge in [0.25, 0.3) is 29.5 Å². The Balaban J connectivity index is 0.000000286. The zero-order chi connectivity index (χ0) is 68.8. The molecule has 0 saturated carbocycles. The molecule has 5 aliphatic rings. The average molecular weight is 1340 g/mol. The minimum Gasteiger partial charge on any atom is -0.467 e. The Morgan fingerprint density at radius 3 is 1.32 bits per heavy atom. The number of nitrogens with one attached hydrogen (secondary N) is 5. The lowest BCUT2D eigenvalue weighted by Gasteiger charge is -2.49. The Labute approximate surface area is 560 Å². The summed E-state index contributed by atoms with van der Waals surface area (Å²) in [6, 6.07) is 42.7. The summed E-state index contributed by atoms with van der Waals surface area (Å²) in [4.78, 5) is 103. The zero-order valence-corrected chi connectivity index (χ0v) is 53.6. The van der Waals surface area contributed by atoms with Gasteiger partial charge >= 0.3 is 5.97 Å². The lowest BCUT2D eigenvalue weighted by molar-refractivity contribution is -0.315. The van der Waals surface area contributed by atoms with Gasteiger partial charge in [-0.05, 0) is 69.5 Å². The minimum absolute atomic E-state index is 0.0352. The fourth-order valence-corrected chi connectivity index (χ4v) is 11.7. The third-order valence-corrected chi connectivity index (χ3v) is 16.5. The normalized spacial score (nSPS) is 28.0. The number of carbonyl (C=O) groups is 8. The number of hydrogen-bond donors (Lipinski definition) is 7. The Hall–Kier alpha value is -8.73. The molecule has 0 aromatic heterocycles. The van der Waals surface area contributed by atoms with Crippen molar-refractivity contribution in [2.24, 2.45) is 0 Å². The molecule has 27 heteroatoms. The molecule has 17 atom stereocenters. The van der Waals surface area contributed by atoms with Crippen molar-refractivity contribution in [1.29, 1.82) is 5.26 Å². The van der Waals surface area contributed by atoms with E-state index in [0.29, 0.717) is 30.4 Å². The van der Waals surface area contributed by atoms with Gasteiger partial charge in [0, 0.05) is 40.9 Å². The predicted molar refractivity (Wildman–Crippen MR) is 340 cm³/mol. The number of hydrogen-bond acceptors (Lipinski definition) is 22. The first kappa shape index (κ1) is 72.5. The number of amides is 5. The number of carbonyl (C=O) groups excluding carboxylic acids is 8. The SMILES string of the molecule is CC(=O)CO[C@@H]1C(NC(=O)c2ccccc2)[C@H](C#N)OC2COC(c3ccccc3)O[C@@H]21.COC(=O)COC1C(NC(=O)c2ccccc2)[C@H](C(=O)NCCCCCNC(=O)[C@@H]2OC3COC(c4ccccc4)O[C@@H]3[C@H](OCC(C)=O)C2NC(=O)c2ccccc2)OC(CO)[C@@H]1O. The molecule has 516 valence electrons. The van der Waals surface area contributed by atoms with Crippen LogP contribution in [0.4, 0.5) is 0 Å². The van der Waals surface area contributed by atoms with Gasteiger partial charge in [-0.15, -0.1) is 0 Å². The molecule has 9 unspecified atom stereocenters. The molecule has 5 aromatic carbocycles. The van der Waals surface area contributed by atoms with Gasteiger partial charge in [-0.1, -0.05) is 115 Å². The van der Waals surface area contributed by atoms with E-state index in [1.807, 2.05) is 66.7 Å². The van der Waals surface area contributed by atoms with E-state index in [1.54, 1.807) is 84.9 Å². The van der Waals surface area contributed by atoms with Gasteiger partial charge in [0.05, 0.1) is 51.1 Å². The highest BCUT2D eigenvalue weighted by molar-refractivity contribution is 5.96. The van der Waals surface area contributed by atoms with E-state index in [2.05, 4.69) is 37.4 Å². The second-order valence-electron chi connectivity index (χ2n) is 23.5. The summed E-state index contributed by atoms with van der Waals surface area (Å²) in [5.74, 6) is -3.89. The van der Waals surface area contributed by atoms with Gasteiger partial charge < -0.3 is 88.9 Å². The number of unbranched alkanes of at least 4 members (excludes halogenated alkanes) is 2. The van der Waals surface area contributed by atoms with Crippen LogP contribution in [-0.4, -0.2) is 208 Å². The van der Waals surface area contributed by atoms with Crippen molar-refractivity contribution in [2.75, 3.05) is 59.8 Å². The molecular formula is C70H80N6O21. The molecular weight excluding hydrogens is 1260 g/mol. The first-order valence-corrected chi connectivity index (χ1v) is 31.9. The van der Waals surface area contributed by atoms with Crippen LogP contribution < -0.4 is 26.6 Å². The standard InChI is InChI=1S/C46H56N4O15.C24H24N2O6/c1-27(52)24-60-39-35(50-43(56)29-17-9-4-10-18-29)41(64-32-25-62-46(65-37(32)39)30-19-11-5-12-20-30)45(58)48-22-14-6-13-21-47-44(57)40-34(49-42(55)28-15-7-3-8-16-28)38(61-26-33(53)59-2)36(54)31(23-51)63-40;1-15(27)13-29-22-20(26-23(28)16-8-4-2-5-9-16)18(12-25)31-19-14-30-24(32-21(19)22)17-10-6-3-7-11-17/h3-5,7-12,15-20,31-32,34-41,46,51,54H,6,13-14,21-26H2,1-2H3,(H,47,57)(H,48,58)(H,49,55)(H,50,56);2-11,18-22,24H,13-14H2,1H3,(H,26,28)/t31?,32?,34?,35?,36-,37-,38?,39+,40+,41+,46?;18-,19?,20?,21-,22+,24?/m00/s1. The first-order valence-electron chi connectivity index (χ1n) is 31.9. The third kappa shape index (κ3) is 19.5. The highest BCUT2D eigenvalue weighted by Crippen LogP contribution is 2.38. The predicted octanol–water partition coefficient (Wildman–Crippen LogP) is 2.69. The Bertz CT molecular complexity index is 3450. The fourth-order valence-electron chi connectivity index (χ4n) is 11.7. The van der Waals surface area contributed by atoms with Crippen LogP contribution in [0.3, 0.4) is 0 Å². The average Bonchev–Trinajstić information content (AvgIpc) is 0.783. The van der Waals surface area contributed by atoms with Crippen LogP contribution >= 0.6 is 0 Å². The summed E-state index contributed by atoms with van der Waals surface area (Å²) < 4.78 is 64.8. The molecule has 5 aliphatic heterocycles. The van der Waals surface area contributed by atoms with Crippen molar-refractivity contribution >= 4 is 47.1 Å². The van der Waals surface area contributed by atoms with Gasteiger partial charge in [0.2, 0.25) is 0 Å². The molecule has 0 bridgehead atoms. The van der Waals surface area contributed by atoms with E-state index >= 15 is 0 Å². The highest BCUT2D eigenvalue weighted by Gasteiger charge is 2.55. The van der Waals surface area contributed by atoms with E-state index in [0.717, 1.165) is 18.2 Å². The third-order valence-electron chi connectivity index (χ3n) is 16.5. The number of Topliss-reactive ketones (excluding diaryl/α,β-unsaturated/α-hetero) is 2. The summed E-state index contributed by atoms with van der Waals surface area (Å²) in [5, 5.41) is 44.9. The molecule has 7 N–H and O–H groups in total. The molecule has 5 heterocycles. The van der Waals surface area contributed by atoms with Crippen molar-refractivity contribution in [3.05, 3.63) is 179 Å². The Kier molecular flexibility index (Phi) is 26.9. The molecule has 0 spiro atoms. The maximum absolute atomic E-state index is 14.0. The number of rotatable bonds is 26. The van der Waals surface area contributed by atoms with Gasteiger partial charge in [-0.25, -0.2) is 4.79 Å². The fraction of sp³-hybridized carbons (Fsp3) is 0.443. The van der Waals surface area contributed by atoms with E-state index < -0.39 is 147 Å².